The highest BCUT2D eigenvalue weighted by molar-refractivity contribution is 6.40. The van der Waals surface area contributed by atoms with Crippen molar-refractivity contribution in [3.63, 3.8) is 0 Å². The summed E-state index contributed by atoms with van der Waals surface area (Å²) in [6.45, 7) is 4.26. The number of hydrogen-bond donors (Lipinski definition) is 0. The van der Waals surface area contributed by atoms with Crippen molar-refractivity contribution in [3.05, 3.63) is 34.1 Å². The van der Waals surface area contributed by atoms with Crippen molar-refractivity contribution in [2.75, 3.05) is 0 Å². The van der Waals surface area contributed by atoms with Crippen molar-refractivity contribution < 1.29 is 0 Å². The monoisotopic (exact) mass is 240 g/mol. The average molecular weight is 241 g/mol. The van der Waals surface area contributed by atoms with Gasteiger partial charge in [-0.3, -0.25) is 0 Å². The quantitative estimate of drug-likeness (QED) is 0.752. The molecule has 0 atom stereocenters. The minimum Gasteiger partial charge on any atom is -0.231 e. The Hall–Kier alpha value is -0.860. The molecule has 0 unspecified atom stereocenters. The summed E-state index contributed by atoms with van der Waals surface area (Å²) in [5.41, 5.74) is 2.78. The maximum absolute atomic E-state index is 5.81. The van der Waals surface area contributed by atoms with E-state index >= 15 is 0 Å². The van der Waals surface area contributed by atoms with Gasteiger partial charge in [0.1, 0.15) is 0 Å². The summed E-state index contributed by atoms with van der Waals surface area (Å²) in [4.78, 5) is 8.34. The smallest absolute Gasteiger partial charge is 0.167 e. The van der Waals surface area contributed by atoms with Crippen LogP contribution < -0.4 is 0 Å². The van der Waals surface area contributed by atoms with E-state index in [0.717, 1.165) is 11.0 Å². The van der Waals surface area contributed by atoms with Crippen molar-refractivity contribution in [3.8, 4) is 0 Å². The summed E-state index contributed by atoms with van der Waals surface area (Å²) in [6.07, 6.45) is 0. The normalized spacial score (nSPS) is 11.3. The molecule has 0 aliphatic carbocycles. The van der Waals surface area contributed by atoms with E-state index in [4.69, 9.17) is 23.2 Å². The molecular formula is C11H10Cl2N2. The first-order valence-corrected chi connectivity index (χ1v) is 5.46. The van der Waals surface area contributed by atoms with Gasteiger partial charge in [0.05, 0.1) is 11.0 Å². The molecule has 0 saturated carbocycles. The van der Waals surface area contributed by atoms with Crippen LogP contribution in [-0.2, 0) is 0 Å². The molecule has 78 valence electrons. The summed E-state index contributed by atoms with van der Waals surface area (Å²) in [6, 6.07) is 5.95. The summed E-state index contributed by atoms with van der Waals surface area (Å²) in [7, 11) is 0. The van der Waals surface area contributed by atoms with Crippen LogP contribution >= 0.6 is 23.2 Å². The van der Waals surface area contributed by atoms with Crippen molar-refractivity contribution >= 4 is 34.2 Å². The van der Waals surface area contributed by atoms with Gasteiger partial charge in [-0.25, -0.2) is 9.97 Å². The molecule has 2 nitrogen and oxygen atoms in total. The highest BCUT2D eigenvalue weighted by atomic mass is 35.5. The minimum atomic E-state index is 0.251. The highest BCUT2D eigenvalue weighted by Crippen LogP contribution is 2.23. The van der Waals surface area contributed by atoms with Crippen LogP contribution in [0.1, 0.15) is 25.3 Å². The van der Waals surface area contributed by atoms with Gasteiger partial charge in [-0.2, -0.15) is 0 Å². The number of nitrogens with zero attached hydrogens (tertiary/aromatic N) is 2. The van der Waals surface area contributed by atoms with Crippen LogP contribution in [-0.4, -0.2) is 9.97 Å². The van der Waals surface area contributed by atoms with Gasteiger partial charge < -0.3 is 0 Å². The van der Waals surface area contributed by atoms with Crippen LogP contribution in [0.2, 0.25) is 10.3 Å². The Bertz CT molecular complexity index is 509. The summed E-state index contributed by atoms with van der Waals surface area (Å²) >= 11 is 11.6. The van der Waals surface area contributed by atoms with Crippen LogP contribution in [0.5, 0.6) is 0 Å². The maximum atomic E-state index is 5.81. The molecule has 2 aromatic rings. The third kappa shape index (κ3) is 2.06. The third-order valence-electron chi connectivity index (χ3n) is 2.27. The fourth-order valence-corrected chi connectivity index (χ4v) is 1.65. The van der Waals surface area contributed by atoms with Crippen molar-refractivity contribution in [2.45, 2.75) is 19.8 Å². The van der Waals surface area contributed by atoms with E-state index in [9.17, 15) is 0 Å². The minimum absolute atomic E-state index is 0.251. The van der Waals surface area contributed by atoms with E-state index in [1.165, 1.54) is 5.56 Å². The molecule has 0 amide bonds. The summed E-state index contributed by atoms with van der Waals surface area (Å²) < 4.78 is 0. The molecule has 0 fully saturated rings. The van der Waals surface area contributed by atoms with Crippen molar-refractivity contribution in [2.24, 2.45) is 0 Å². The second kappa shape index (κ2) is 3.95. The molecule has 0 aliphatic heterocycles. The lowest BCUT2D eigenvalue weighted by Crippen LogP contribution is -1.91. The molecule has 15 heavy (non-hydrogen) atoms. The largest absolute Gasteiger partial charge is 0.231 e. The molecule has 1 aromatic heterocycles. The SMILES string of the molecule is CC(C)c1ccc2nc(Cl)c(Cl)nc2c1. The van der Waals surface area contributed by atoms with Gasteiger partial charge in [0.15, 0.2) is 10.3 Å². The zero-order valence-corrected chi connectivity index (χ0v) is 9.97. The number of rotatable bonds is 1. The lowest BCUT2D eigenvalue weighted by Gasteiger charge is -2.06. The second-order valence-electron chi connectivity index (χ2n) is 3.71. The number of aromatic nitrogens is 2. The van der Waals surface area contributed by atoms with E-state index in [1.54, 1.807) is 0 Å². The van der Waals surface area contributed by atoms with Gasteiger partial charge in [-0.1, -0.05) is 43.1 Å². The molecule has 0 bridgehead atoms. The van der Waals surface area contributed by atoms with Gasteiger partial charge in [-0.15, -0.1) is 0 Å². The fourth-order valence-electron chi connectivity index (χ4n) is 1.39. The Balaban J connectivity index is 2.66. The Morgan fingerprint density at radius 2 is 1.60 bits per heavy atom. The summed E-state index contributed by atoms with van der Waals surface area (Å²) in [5.74, 6) is 0.464. The molecule has 0 spiro atoms. The Kier molecular flexibility index (Phi) is 2.81. The van der Waals surface area contributed by atoms with E-state index in [2.05, 4.69) is 23.8 Å². The fraction of sp³-hybridized carbons (Fsp3) is 0.273. The third-order valence-corrected chi connectivity index (χ3v) is 2.90. The van der Waals surface area contributed by atoms with E-state index in [1.807, 2.05) is 18.2 Å². The zero-order chi connectivity index (χ0) is 11.0. The molecular weight excluding hydrogens is 231 g/mol. The molecule has 4 heteroatoms. The number of hydrogen-bond acceptors (Lipinski definition) is 2. The molecule has 0 radical (unpaired) electrons. The van der Waals surface area contributed by atoms with Crippen LogP contribution in [0.3, 0.4) is 0 Å². The maximum Gasteiger partial charge on any atom is 0.167 e. The van der Waals surface area contributed by atoms with E-state index in [0.29, 0.717) is 5.92 Å². The second-order valence-corrected chi connectivity index (χ2v) is 4.42. The van der Waals surface area contributed by atoms with Gasteiger partial charge in [0.2, 0.25) is 0 Å². The van der Waals surface area contributed by atoms with E-state index < -0.39 is 0 Å². The highest BCUT2D eigenvalue weighted by Gasteiger charge is 2.06. The lowest BCUT2D eigenvalue weighted by molar-refractivity contribution is 0.868. The number of halogens is 2. The Morgan fingerprint density at radius 1 is 1.00 bits per heavy atom. The predicted molar refractivity (Wildman–Crippen MR) is 63.6 cm³/mol. The molecule has 1 heterocycles. The van der Waals surface area contributed by atoms with Crippen LogP contribution in [0, 0.1) is 0 Å². The number of fused-ring (bicyclic) bond motifs is 1. The Labute approximate surface area is 98.3 Å². The topological polar surface area (TPSA) is 25.8 Å². The van der Waals surface area contributed by atoms with E-state index in [-0.39, 0.29) is 10.3 Å². The zero-order valence-electron chi connectivity index (χ0n) is 8.46. The van der Waals surface area contributed by atoms with Gasteiger partial charge >= 0.3 is 0 Å². The summed E-state index contributed by atoms with van der Waals surface area (Å²) in [5, 5.41) is 0.506. The molecule has 1 aromatic carbocycles. The van der Waals surface area contributed by atoms with Gasteiger partial charge in [-0.05, 0) is 23.6 Å². The van der Waals surface area contributed by atoms with Crippen LogP contribution in [0.25, 0.3) is 11.0 Å². The first-order valence-electron chi connectivity index (χ1n) is 4.70. The molecule has 0 aliphatic rings. The molecule has 0 saturated heterocycles. The molecule has 2 rings (SSSR count). The first-order chi connectivity index (χ1) is 7.08. The predicted octanol–water partition coefficient (Wildman–Crippen LogP) is 4.06. The number of benzene rings is 1. The van der Waals surface area contributed by atoms with Gasteiger partial charge in [0, 0.05) is 0 Å². The average Bonchev–Trinajstić information content (AvgIpc) is 2.19. The lowest BCUT2D eigenvalue weighted by atomic mass is 10.0. The molecule has 0 N–H and O–H groups in total. The van der Waals surface area contributed by atoms with Gasteiger partial charge in [0.25, 0.3) is 0 Å². The Morgan fingerprint density at radius 3 is 2.20 bits per heavy atom. The van der Waals surface area contributed by atoms with Crippen molar-refractivity contribution in [1.82, 2.24) is 9.97 Å². The van der Waals surface area contributed by atoms with Crippen molar-refractivity contribution in [1.29, 1.82) is 0 Å². The van der Waals surface area contributed by atoms with Crippen LogP contribution in [0.15, 0.2) is 18.2 Å². The first kappa shape index (κ1) is 10.7. The van der Waals surface area contributed by atoms with Crippen LogP contribution in [0.4, 0.5) is 0 Å². The standard InChI is InChI=1S/C11H10Cl2N2/c1-6(2)7-3-4-8-9(5-7)15-11(13)10(12)14-8/h3-6H,1-2H3.